The van der Waals surface area contributed by atoms with Gasteiger partial charge in [0.05, 0.1) is 4.92 Å². The van der Waals surface area contributed by atoms with Crippen LogP contribution in [0.2, 0.25) is 0 Å². The molecule has 1 N–H and O–H groups in total. The van der Waals surface area contributed by atoms with Crippen molar-refractivity contribution in [1.82, 2.24) is 5.32 Å². The second kappa shape index (κ2) is 5.23. The molecule has 82 valence electrons. The molecule has 0 atom stereocenters. The highest BCUT2D eigenvalue weighted by Gasteiger charge is 2.09. The average molecular weight is 273 g/mol. The third-order valence-electron chi connectivity index (χ3n) is 1.94. The average Bonchev–Trinajstić information content (AvgIpc) is 2.16. The molecule has 1 aromatic rings. The van der Waals surface area contributed by atoms with E-state index in [2.05, 4.69) is 21.2 Å². The van der Waals surface area contributed by atoms with Crippen LogP contribution in [0.3, 0.4) is 0 Å². The van der Waals surface area contributed by atoms with Crippen LogP contribution in [0.1, 0.15) is 19.4 Å². The molecule has 5 heteroatoms. The van der Waals surface area contributed by atoms with E-state index in [1.807, 2.05) is 13.8 Å². The van der Waals surface area contributed by atoms with E-state index in [9.17, 15) is 10.1 Å². The van der Waals surface area contributed by atoms with Gasteiger partial charge in [-0.15, -0.1) is 0 Å². The molecule has 0 radical (unpaired) electrons. The number of benzene rings is 1. The quantitative estimate of drug-likeness (QED) is 0.678. The third-order valence-corrected chi connectivity index (χ3v) is 2.71. The first kappa shape index (κ1) is 12.1. The van der Waals surface area contributed by atoms with Crippen molar-refractivity contribution in [2.45, 2.75) is 26.4 Å². The van der Waals surface area contributed by atoms with Crippen molar-refractivity contribution in [2.24, 2.45) is 0 Å². The molecule has 1 aromatic carbocycles. The highest BCUT2D eigenvalue weighted by Crippen LogP contribution is 2.22. The van der Waals surface area contributed by atoms with Crippen LogP contribution in [0.4, 0.5) is 5.69 Å². The predicted molar refractivity (Wildman–Crippen MR) is 62.8 cm³/mol. The number of nitro benzene ring substituents is 1. The summed E-state index contributed by atoms with van der Waals surface area (Å²) >= 11 is 3.37. The van der Waals surface area contributed by atoms with Crippen molar-refractivity contribution in [2.75, 3.05) is 0 Å². The number of hydrogen-bond donors (Lipinski definition) is 1. The molecule has 1 rings (SSSR count). The van der Waals surface area contributed by atoms with Crippen molar-refractivity contribution >= 4 is 21.6 Å². The minimum Gasteiger partial charge on any atom is -0.310 e. The Labute approximate surface area is 97.0 Å². The van der Waals surface area contributed by atoms with Gasteiger partial charge in [0.25, 0.3) is 5.69 Å². The smallest absolute Gasteiger partial charge is 0.269 e. The largest absolute Gasteiger partial charge is 0.310 e. The minimum absolute atomic E-state index is 0.124. The molecule has 0 heterocycles. The Bertz CT molecular complexity index is 366. The van der Waals surface area contributed by atoms with Crippen LogP contribution in [0.5, 0.6) is 0 Å². The van der Waals surface area contributed by atoms with E-state index in [0.717, 1.165) is 10.0 Å². The summed E-state index contributed by atoms with van der Waals surface area (Å²) in [5.41, 5.74) is 1.02. The first-order valence-corrected chi connectivity index (χ1v) is 5.46. The summed E-state index contributed by atoms with van der Waals surface area (Å²) in [6, 6.07) is 5.13. The van der Waals surface area contributed by atoms with E-state index < -0.39 is 0 Å². The lowest BCUT2D eigenvalue weighted by atomic mass is 10.2. The molecule has 0 aliphatic carbocycles. The summed E-state index contributed by atoms with van der Waals surface area (Å²) < 4.78 is 0.890. The molecule has 0 spiro atoms. The Morgan fingerprint density at radius 2 is 2.20 bits per heavy atom. The van der Waals surface area contributed by atoms with Crippen molar-refractivity contribution in [1.29, 1.82) is 0 Å². The second-order valence-corrected chi connectivity index (χ2v) is 4.42. The molecule has 0 saturated heterocycles. The maximum Gasteiger partial charge on any atom is 0.269 e. The molecule has 4 nitrogen and oxygen atoms in total. The zero-order chi connectivity index (χ0) is 11.4. The van der Waals surface area contributed by atoms with Crippen molar-refractivity contribution in [3.05, 3.63) is 38.3 Å². The number of hydrogen-bond acceptors (Lipinski definition) is 3. The van der Waals surface area contributed by atoms with E-state index in [1.54, 1.807) is 12.1 Å². The molecule has 0 aliphatic heterocycles. The fraction of sp³-hybridized carbons (Fsp3) is 0.400. The molecular formula is C10H13BrN2O2. The Balaban J connectivity index is 2.85. The maximum absolute atomic E-state index is 10.6. The van der Waals surface area contributed by atoms with E-state index >= 15 is 0 Å². The van der Waals surface area contributed by atoms with Gasteiger partial charge in [0, 0.05) is 29.2 Å². The zero-order valence-electron chi connectivity index (χ0n) is 8.66. The molecule has 0 bridgehead atoms. The van der Waals surface area contributed by atoms with Gasteiger partial charge >= 0.3 is 0 Å². The fourth-order valence-electron chi connectivity index (χ4n) is 1.12. The first-order valence-electron chi connectivity index (χ1n) is 4.67. The normalized spacial score (nSPS) is 10.7. The summed E-state index contributed by atoms with van der Waals surface area (Å²) in [4.78, 5) is 10.2. The number of rotatable bonds is 4. The van der Waals surface area contributed by atoms with Gasteiger partial charge in [-0.1, -0.05) is 29.8 Å². The SMILES string of the molecule is CC(C)NCc1cc([N+](=O)[O-])ccc1Br. The molecule has 0 aliphatic rings. The third kappa shape index (κ3) is 3.60. The van der Waals surface area contributed by atoms with Crippen LogP contribution in [-0.4, -0.2) is 11.0 Å². The summed E-state index contributed by atoms with van der Waals surface area (Å²) in [5, 5.41) is 13.8. The Kier molecular flexibility index (Phi) is 4.23. The van der Waals surface area contributed by atoms with Gasteiger partial charge in [-0.05, 0) is 11.6 Å². The monoisotopic (exact) mass is 272 g/mol. The van der Waals surface area contributed by atoms with Gasteiger partial charge in [0.2, 0.25) is 0 Å². The maximum atomic E-state index is 10.6. The number of nitrogens with one attached hydrogen (secondary N) is 1. The summed E-state index contributed by atoms with van der Waals surface area (Å²) in [7, 11) is 0. The van der Waals surface area contributed by atoms with Crippen molar-refractivity contribution in [3.63, 3.8) is 0 Å². The summed E-state index contributed by atoms with van der Waals surface area (Å²) in [6.07, 6.45) is 0. The van der Waals surface area contributed by atoms with Gasteiger partial charge in [0.1, 0.15) is 0 Å². The van der Waals surface area contributed by atoms with Crippen LogP contribution in [0, 0.1) is 10.1 Å². The van der Waals surface area contributed by atoms with E-state index in [-0.39, 0.29) is 10.6 Å². The van der Waals surface area contributed by atoms with Crippen LogP contribution >= 0.6 is 15.9 Å². The molecule has 0 amide bonds. The van der Waals surface area contributed by atoms with Gasteiger partial charge < -0.3 is 5.32 Å². The lowest BCUT2D eigenvalue weighted by Gasteiger charge is -2.09. The van der Waals surface area contributed by atoms with Crippen LogP contribution in [-0.2, 0) is 6.54 Å². The van der Waals surface area contributed by atoms with Crippen LogP contribution in [0.25, 0.3) is 0 Å². The van der Waals surface area contributed by atoms with E-state index in [4.69, 9.17) is 0 Å². The zero-order valence-corrected chi connectivity index (χ0v) is 10.2. The van der Waals surface area contributed by atoms with Gasteiger partial charge in [-0.3, -0.25) is 10.1 Å². The van der Waals surface area contributed by atoms with Gasteiger partial charge in [0.15, 0.2) is 0 Å². The number of halogens is 1. The molecule has 0 aromatic heterocycles. The topological polar surface area (TPSA) is 55.2 Å². The molecular weight excluding hydrogens is 260 g/mol. The van der Waals surface area contributed by atoms with Crippen LogP contribution in [0.15, 0.2) is 22.7 Å². The van der Waals surface area contributed by atoms with E-state index in [1.165, 1.54) is 6.07 Å². The number of nitrogens with zero attached hydrogens (tertiary/aromatic N) is 1. The Morgan fingerprint density at radius 1 is 1.53 bits per heavy atom. The predicted octanol–water partition coefficient (Wildman–Crippen LogP) is 2.86. The molecule has 15 heavy (non-hydrogen) atoms. The highest BCUT2D eigenvalue weighted by molar-refractivity contribution is 9.10. The fourth-order valence-corrected chi connectivity index (χ4v) is 1.51. The Hall–Kier alpha value is -0.940. The Morgan fingerprint density at radius 3 is 2.73 bits per heavy atom. The molecule has 0 unspecified atom stereocenters. The minimum atomic E-state index is -0.384. The lowest BCUT2D eigenvalue weighted by Crippen LogP contribution is -2.22. The van der Waals surface area contributed by atoms with Crippen molar-refractivity contribution in [3.8, 4) is 0 Å². The van der Waals surface area contributed by atoms with Crippen LogP contribution < -0.4 is 5.32 Å². The van der Waals surface area contributed by atoms with Gasteiger partial charge in [-0.2, -0.15) is 0 Å². The standard InChI is InChI=1S/C10H13BrN2O2/c1-7(2)12-6-8-5-9(13(14)15)3-4-10(8)11/h3-5,7,12H,6H2,1-2H3. The van der Waals surface area contributed by atoms with E-state index in [0.29, 0.717) is 12.6 Å². The highest BCUT2D eigenvalue weighted by atomic mass is 79.9. The first-order chi connectivity index (χ1) is 7.00. The second-order valence-electron chi connectivity index (χ2n) is 3.57. The summed E-state index contributed by atoms with van der Waals surface area (Å²) in [6.45, 7) is 4.69. The lowest BCUT2D eigenvalue weighted by molar-refractivity contribution is -0.384. The summed E-state index contributed by atoms with van der Waals surface area (Å²) in [5.74, 6) is 0. The molecule has 0 fully saturated rings. The number of nitro groups is 1. The number of non-ortho nitro benzene ring substituents is 1. The molecule has 0 saturated carbocycles. The van der Waals surface area contributed by atoms with Gasteiger partial charge in [-0.25, -0.2) is 0 Å². The van der Waals surface area contributed by atoms with Crippen molar-refractivity contribution < 1.29 is 4.92 Å².